The Labute approximate surface area is 370 Å². The number of nitrogens with one attached hydrogen (secondary N) is 3. The van der Waals surface area contributed by atoms with Crippen molar-refractivity contribution >= 4 is 46.2 Å². The van der Waals surface area contributed by atoms with Gasteiger partial charge in [0, 0.05) is 36.2 Å². The number of halogens is 2. The number of carbonyl (C=O) groups excluding carboxylic acids is 4. The van der Waals surface area contributed by atoms with Gasteiger partial charge < -0.3 is 44.4 Å². The molecule has 4 aliphatic heterocycles. The third kappa shape index (κ3) is 8.61. The SMILES string of the molecule is COC(=O)N[C@H](C(=O)N1C[C@@H](COC(F)F)C[C@H]1c1ncc(-c2ccc3c(c2)COc2cc4c5c(ccc4cc2-3)N=C([C@@H]2CC[C@H](C)N2C(=O)[C@@H](NC(=O)OC)C(C)C)C5)[nH]1)C(C)C. The summed E-state index contributed by atoms with van der Waals surface area (Å²) in [7, 11) is 2.51. The summed E-state index contributed by atoms with van der Waals surface area (Å²) in [5.74, 6) is -0.0512. The van der Waals surface area contributed by atoms with Crippen molar-refractivity contribution in [2.45, 2.75) is 104 Å². The number of imidazole rings is 1. The lowest BCUT2D eigenvalue weighted by molar-refractivity contribution is -0.139. The molecule has 6 atom stereocenters. The molecule has 0 radical (unpaired) electrons. The van der Waals surface area contributed by atoms with Gasteiger partial charge in [-0.15, -0.1) is 0 Å². The molecule has 4 aromatic rings. The van der Waals surface area contributed by atoms with Crippen LogP contribution in [0.2, 0.25) is 0 Å². The fraction of sp³-hybridized carbons (Fsp3) is 0.489. The molecule has 2 saturated heterocycles. The maximum absolute atomic E-state index is 14.0. The third-order valence-corrected chi connectivity index (χ3v) is 13.0. The summed E-state index contributed by atoms with van der Waals surface area (Å²) >= 11 is 0. The van der Waals surface area contributed by atoms with E-state index in [1.807, 2.05) is 37.8 Å². The second-order valence-electron chi connectivity index (χ2n) is 17.9. The molecule has 17 heteroatoms. The highest BCUT2D eigenvalue weighted by atomic mass is 19.3. The Kier molecular flexibility index (Phi) is 12.6. The van der Waals surface area contributed by atoms with Crippen molar-refractivity contribution in [3.8, 4) is 28.1 Å². The number of amides is 4. The zero-order valence-electron chi connectivity index (χ0n) is 37.1. The van der Waals surface area contributed by atoms with Gasteiger partial charge in [0.15, 0.2) is 0 Å². The molecule has 2 fully saturated rings. The van der Waals surface area contributed by atoms with Crippen LogP contribution >= 0.6 is 0 Å². The number of hydrogen-bond acceptors (Lipinski definition) is 10. The van der Waals surface area contributed by atoms with E-state index in [2.05, 4.69) is 55.7 Å². The van der Waals surface area contributed by atoms with Gasteiger partial charge in [-0.1, -0.05) is 45.9 Å². The molecular weight excluding hydrogens is 829 g/mol. The van der Waals surface area contributed by atoms with Gasteiger partial charge in [-0.05, 0) is 95.3 Å². The van der Waals surface area contributed by atoms with Crippen LogP contribution in [0.1, 0.15) is 76.9 Å². The number of likely N-dealkylation sites (tertiary alicyclic amines) is 2. The number of carbonyl (C=O) groups is 4. The average Bonchev–Trinajstić information content (AvgIpc) is 4.10. The molecule has 5 heterocycles. The number of hydrogen-bond donors (Lipinski definition) is 3. The molecule has 4 aliphatic rings. The molecule has 64 heavy (non-hydrogen) atoms. The van der Waals surface area contributed by atoms with Crippen LogP contribution in [0, 0.1) is 17.8 Å². The summed E-state index contributed by atoms with van der Waals surface area (Å²) in [4.78, 5) is 68.9. The Morgan fingerprint density at radius 3 is 2.31 bits per heavy atom. The lowest BCUT2D eigenvalue weighted by Crippen LogP contribution is -2.55. The largest absolute Gasteiger partial charge is 0.488 e. The minimum absolute atomic E-state index is 0.0120. The first-order valence-corrected chi connectivity index (χ1v) is 21.8. The second-order valence-corrected chi connectivity index (χ2v) is 17.9. The summed E-state index contributed by atoms with van der Waals surface area (Å²) in [6, 6.07) is 12.1. The van der Waals surface area contributed by atoms with Crippen molar-refractivity contribution in [1.82, 2.24) is 30.4 Å². The molecule has 4 amide bonds. The highest BCUT2D eigenvalue weighted by Gasteiger charge is 2.44. The number of alkyl halides is 2. The van der Waals surface area contributed by atoms with Crippen LogP contribution in [0.25, 0.3) is 33.2 Å². The van der Waals surface area contributed by atoms with E-state index in [0.717, 1.165) is 68.6 Å². The molecular formula is C47H55F2N7O8. The summed E-state index contributed by atoms with van der Waals surface area (Å²) < 4.78 is 46.8. The molecule has 0 unspecified atom stereocenters. The molecule has 8 rings (SSSR count). The quantitative estimate of drug-likeness (QED) is 0.129. The standard InChI is InChI=1S/C47H55F2N7O8/c1-23(2)40(53-46(59)61-6)43(57)55-20-26(21-64-45(48)49)14-38(55)42-50-19-36(52-42)28-9-11-30-29(15-28)22-63-39-18-31-27(16-33(30)39)10-12-34-32(31)17-35(51-34)37-13-8-25(5)56(37)44(58)41(24(3)4)54-47(60)62-7/h9-12,15-16,18-19,23-26,37-38,40-41,45H,8,13-14,17,20-22H2,1-7H3,(H,50,52)(H,53,59)(H,54,60)/t25-,26-,37-,38-,40-,41-/m0/s1. The summed E-state index contributed by atoms with van der Waals surface area (Å²) in [5.41, 5.74) is 7.42. The number of methoxy groups -OCH3 is 2. The van der Waals surface area contributed by atoms with Gasteiger partial charge in [-0.2, -0.15) is 8.78 Å². The van der Waals surface area contributed by atoms with E-state index in [1.54, 1.807) is 24.9 Å². The van der Waals surface area contributed by atoms with E-state index in [0.29, 0.717) is 31.0 Å². The third-order valence-electron chi connectivity index (χ3n) is 13.0. The number of alkyl carbamates (subject to hydrolysis) is 2. The molecule has 3 aromatic carbocycles. The maximum Gasteiger partial charge on any atom is 0.407 e. The highest BCUT2D eigenvalue weighted by molar-refractivity contribution is 6.06. The number of H-pyrrole nitrogens is 1. The number of ether oxygens (including phenoxy) is 4. The highest BCUT2D eigenvalue weighted by Crippen LogP contribution is 2.45. The van der Waals surface area contributed by atoms with Crippen molar-refractivity contribution in [3.05, 3.63) is 65.6 Å². The smallest absolute Gasteiger partial charge is 0.407 e. The summed E-state index contributed by atoms with van der Waals surface area (Å²) in [6.07, 6.45) is 2.85. The number of aliphatic imine (C=N–C) groups is 1. The molecule has 340 valence electrons. The molecule has 0 bridgehead atoms. The van der Waals surface area contributed by atoms with E-state index in [1.165, 1.54) is 14.2 Å². The predicted molar refractivity (Wildman–Crippen MR) is 234 cm³/mol. The monoisotopic (exact) mass is 883 g/mol. The van der Waals surface area contributed by atoms with Crippen LogP contribution in [-0.2, 0) is 36.8 Å². The van der Waals surface area contributed by atoms with Gasteiger partial charge in [0.2, 0.25) is 11.8 Å². The molecule has 1 aromatic heterocycles. The van der Waals surface area contributed by atoms with E-state index >= 15 is 0 Å². The number of nitrogens with zero attached hydrogens (tertiary/aromatic N) is 4. The minimum atomic E-state index is -2.94. The molecule has 15 nitrogen and oxygen atoms in total. The lowest BCUT2D eigenvalue weighted by atomic mass is 9.90. The van der Waals surface area contributed by atoms with Gasteiger partial charge >= 0.3 is 18.8 Å². The van der Waals surface area contributed by atoms with Crippen molar-refractivity contribution in [3.63, 3.8) is 0 Å². The first-order valence-electron chi connectivity index (χ1n) is 21.8. The average molecular weight is 884 g/mol. The fourth-order valence-corrected chi connectivity index (χ4v) is 9.72. The fourth-order valence-electron chi connectivity index (χ4n) is 9.72. The van der Waals surface area contributed by atoms with Crippen LogP contribution in [0.15, 0.2) is 53.7 Å². The summed E-state index contributed by atoms with van der Waals surface area (Å²) in [6.45, 7) is 6.76. The van der Waals surface area contributed by atoms with Crippen LogP contribution in [0.5, 0.6) is 5.75 Å². The lowest BCUT2D eigenvalue weighted by Gasteiger charge is -2.33. The molecule has 0 spiro atoms. The number of benzene rings is 3. The number of fused-ring (bicyclic) bond motifs is 6. The Hall–Kier alpha value is -6.10. The van der Waals surface area contributed by atoms with Gasteiger partial charge in [0.1, 0.15) is 30.3 Å². The second kappa shape index (κ2) is 18.2. The first kappa shape index (κ1) is 44.5. The number of aromatic nitrogens is 2. The molecule has 0 aliphatic carbocycles. The van der Waals surface area contributed by atoms with E-state index < -0.39 is 36.9 Å². The number of aromatic amines is 1. The number of rotatable bonds is 12. The topological polar surface area (TPSA) is 177 Å². The van der Waals surface area contributed by atoms with Crippen molar-refractivity contribution in [2.24, 2.45) is 22.7 Å². The minimum Gasteiger partial charge on any atom is -0.488 e. The van der Waals surface area contributed by atoms with Crippen LogP contribution in [-0.4, -0.2) is 108 Å². The normalized spacial score (nSPS) is 21.0. The first-order chi connectivity index (χ1) is 30.6. The van der Waals surface area contributed by atoms with E-state index in [-0.39, 0.29) is 54.8 Å². The Balaban J connectivity index is 1.02. The van der Waals surface area contributed by atoms with Gasteiger partial charge in [0.25, 0.3) is 0 Å². The Morgan fingerprint density at radius 2 is 1.62 bits per heavy atom. The van der Waals surface area contributed by atoms with Crippen molar-refractivity contribution in [1.29, 1.82) is 0 Å². The van der Waals surface area contributed by atoms with Gasteiger partial charge in [-0.3, -0.25) is 14.6 Å². The maximum atomic E-state index is 14.0. The molecule has 0 saturated carbocycles. The van der Waals surface area contributed by atoms with Crippen LogP contribution in [0.4, 0.5) is 24.1 Å². The van der Waals surface area contributed by atoms with Crippen molar-refractivity contribution < 1.29 is 46.9 Å². The zero-order chi connectivity index (χ0) is 45.6. The molecule has 3 N–H and O–H groups in total. The Morgan fingerprint density at radius 1 is 0.906 bits per heavy atom. The van der Waals surface area contributed by atoms with E-state index in [4.69, 9.17) is 19.2 Å². The van der Waals surface area contributed by atoms with E-state index in [9.17, 15) is 28.0 Å². The van der Waals surface area contributed by atoms with Gasteiger partial charge in [-0.25, -0.2) is 14.6 Å². The Bertz CT molecular complexity index is 2490. The zero-order valence-corrected chi connectivity index (χ0v) is 37.1. The van der Waals surface area contributed by atoms with Gasteiger partial charge in [0.05, 0.1) is 50.5 Å². The van der Waals surface area contributed by atoms with Crippen LogP contribution < -0.4 is 15.4 Å². The van der Waals surface area contributed by atoms with Crippen molar-refractivity contribution in [2.75, 3.05) is 27.4 Å². The van der Waals surface area contributed by atoms with Crippen LogP contribution in [0.3, 0.4) is 0 Å². The summed E-state index contributed by atoms with van der Waals surface area (Å²) in [5, 5.41) is 7.44. The predicted octanol–water partition coefficient (Wildman–Crippen LogP) is 7.69.